The van der Waals surface area contributed by atoms with Crippen molar-refractivity contribution in [1.29, 1.82) is 0 Å². The zero-order valence-corrected chi connectivity index (χ0v) is 14.3. The molecule has 1 aromatic heterocycles. The molecule has 0 atom stereocenters. The monoisotopic (exact) mass is 336 g/mol. The summed E-state index contributed by atoms with van der Waals surface area (Å²) in [4.78, 5) is 24.1. The number of anilines is 1. The normalized spacial score (nSPS) is 10.6. The van der Waals surface area contributed by atoms with E-state index in [4.69, 9.17) is 4.74 Å². The van der Waals surface area contributed by atoms with E-state index in [1.807, 2.05) is 62.4 Å². The first kappa shape index (κ1) is 16.8. The van der Waals surface area contributed by atoms with Gasteiger partial charge in [0.25, 0.3) is 11.5 Å². The molecule has 1 amide bonds. The summed E-state index contributed by atoms with van der Waals surface area (Å²) in [6.07, 6.45) is 0. The molecule has 0 aliphatic rings. The zero-order valence-electron chi connectivity index (χ0n) is 14.3. The number of aryl methyl sites for hydroxylation is 2. The third-order valence-electron chi connectivity index (χ3n) is 4.03. The molecule has 1 heterocycles. The second kappa shape index (κ2) is 7.21. The number of rotatable bonds is 5. The number of aromatic nitrogens is 1. The number of hydrogen-bond acceptors (Lipinski definition) is 3. The van der Waals surface area contributed by atoms with E-state index >= 15 is 0 Å². The fourth-order valence-electron chi connectivity index (χ4n) is 2.81. The Hall–Kier alpha value is -3.08. The molecule has 25 heavy (non-hydrogen) atoms. The number of carbonyl (C=O) groups is 1. The highest BCUT2D eigenvalue weighted by Gasteiger charge is 2.08. The Morgan fingerprint density at radius 2 is 1.88 bits per heavy atom. The molecule has 0 saturated carbocycles. The predicted octanol–water partition coefficient (Wildman–Crippen LogP) is 3.35. The van der Waals surface area contributed by atoms with Crippen LogP contribution in [0.5, 0.6) is 5.75 Å². The lowest BCUT2D eigenvalue weighted by Crippen LogP contribution is -2.21. The van der Waals surface area contributed by atoms with Gasteiger partial charge in [-0.2, -0.15) is 0 Å². The maximum absolute atomic E-state index is 12.1. The van der Waals surface area contributed by atoms with Crippen LogP contribution in [0.2, 0.25) is 0 Å². The van der Waals surface area contributed by atoms with E-state index in [1.54, 1.807) is 10.6 Å². The highest BCUT2D eigenvalue weighted by Crippen LogP contribution is 2.22. The van der Waals surface area contributed by atoms with Gasteiger partial charge in [-0.05, 0) is 43.7 Å². The summed E-state index contributed by atoms with van der Waals surface area (Å²) in [5, 5.41) is 3.77. The lowest BCUT2D eigenvalue weighted by Gasteiger charge is -2.12. The average Bonchev–Trinajstić information content (AvgIpc) is 2.61. The summed E-state index contributed by atoms with van der Waals surface area (Å²) in [5.41, 5.74) is 2.43. The molecule has 0 saturated heterocycles. The van der Waals surface area contributed by atoms with Crippen LogP contribution in [0.25, 0.3) is 10.9 Å². The number of carbonyl (C=O) groups excluding carboxylic acids is 1. The van der Waals surface area contributed by atoms with Crippen molar-refractivity contribution >= 4 is 22.5 Å². The summed E-state index contributed by atoms with van der Waals surface area (Å²) in [6, 6.07) is 16.4. The second-order valence-corrected chi connectivity index (χ2v) is 5.79. The van der Waals surface area contributed by atoms with Crippen LogP contribution in [-0.2, 0) is 11.3 Å². The van der Waals surface area contributed by atoms with Gasteiger partial charge in [-0.25, -0.2) is 0 Å². The van der Waals surface area contributed by atoms with Crippen LogP contribution < -0.4 is 15.6 Å². The summed E-state index contributed by atoms with van der Waals surface area (Å²) in [6.45, 7) is 4.32. The van der Waals surface area contributed by atoms with Gasteiger partial charge in [0.05, 0.1) is 5.52 Å². The molecule has 3 rings (SSSR count). The highest BCUT2D eigenvalue weighted by molar-refractivity contribution is 5.92. The number of nitrogens with zero attached hydrogens (tertiary/aromatic N) is 1. The van der Waals surface area contributed by atoms with E-state index in [2.05, 4.69) is 5.32 Å². The molecule has 128 valence electrons. The first-order valence-corrected chi connectivity index (χ1v) is 8.20. The molecule has 0 spiro atoms. The van der Waals surface area contributed by atoms with Crippen molar-refractivity contribution in [1.82, 2.24) is 4.57 Å². The van der Waals surface area contributed by atoms with Crippen LogP contribution in [0.1, 0.15) is 12.5 Å². The minimum Gasteiger partial charge on any atom is -0.484 e. The molecule has 0 bridgehead atoms. The Morgan fingerprint density at radius 1 is 1.12 bits per heavy atom. The molecular weight excluding hydrogens is 316 g/mol. The van der Waals surface area contributed by atoms with E-state index in [0.29, 0.717) is 12.3 Å². The Kier molecular flexibility index (Phi) is 4.84. The van der Waals surface area contributed by atoms with Gasteiger partial charge in [0, 0.05) is 29.8 Å². The molecule has 3 aromatic rings. The smallest absolute Gasteiger partial charge is 0.262 e. The van der Waals surface area contributed by atoms with Gasteiger partial charge in [-0.15, -0.1) is 0 Å². The van der Waals surface area contributed by atoms with Crippen molar-refractivity contribution in [3.63, 3.8) is 0 Å². The molecule has 1 N–H and O–H groups in total. The predicted molar refractivity (Wildman–Crippen MR) is 99.2 cm³/mol. The van der Waals surface area contributed by atoms with Crippen LogP contribution in [0.4, 0.5) is 5.69 Å². The van der Waals surface area contributed by atoms with Crippen molar-refractivity contribution in [3.05, 3.63) is 70.5 Å². The molecule has 0 aliphatic heterocycles. The van der Waals surface area contributed by atoms with E-state index < -0.39 is 0 Å². The number of hydrogen-bond donors (Lipinski definition) is 1. The summed E-state index contributed by atoms with van der Waals surface area (Å²) in [5.74, 6) is 0.325. The van der Waals surface area contributed by atoms with Crippen molar-refractivity contribution < 1.29 is 9.53 Å². The van der Waals surface area contributed by atoms with Crippen LogP contribution in [0, 0.1) is 6.92 Å². The van der Waals surface area contributed by atoms with E-state index in [-0.39, 0.29) is 18.1 Å². The maximum atomic E-state index is 12.1. The van der Waals surface area contributed by atoms with Crippen LogP contribution >= 0.6 is 0 Å². The second-order valence-electron chi connectivity index (χ2n) is 5.79. The molecule has 5 heteroatoms. The van der Waals surface area contributed by atoms with Gasteiger partial charge in [0.2, 0.25) is 0 Å². The Morgan fingerprint density at radius 3 is 2.60 bits per heavy atom. The van der Waals surface area contributed by atoms with E-state index in [0.717, 1.165) is 22.2 Å². The largest absolute Gasteiger partial charge is 0.484 e. The number of ether oxygens (including phenoxy) is 1. The molecule has 0 fully saturated rings. The third kappa shape index (κ3) is 3.71. The first-order valence-electron chi connectivity index (χ1n) is 8.20. The Bertz CT molecular complexity index is 962. The fraction of sp³-hybridized carbons (Fsp3) is 0.200. The molecule has 0 radical (unpaired) electrons. The van der Waals surface area contributed by atoms with Crippen LogP contribution in [0.15, 0.2) is 59.4 Å². The number of nitrogens with one attached hydrogen (secondary N) is 1. The van der Waals surface area contributed by atoms with Gasteiger partial charge >= 0.3 is 0 Å². The molecule has 0 aliphatic carbocycles. The minimum absolute atomic E-state index is 0.0357. The standard InChI is InChI=1S/C20H20N2O3/c1-3-22-18-12-16(9-10-17(18)14(2)11-20(22)24)25-13-19(23)21-15-7-5-4-6-8-15/h4-12H,3,13H2,1-2H3,(H,21,23). The quantitative estimate of drug-likeness (QED) is 0.777. The zero-order chi connectivity index (χ0) is 17.8. The van der Waals surface area contributed by atoms with E-state index in [9.17, 15) is 9.59 Å². The van der Waals surface area contributed by atoms with Crippen molar-refractivity contribution in [3.8, 4) is 5.75 Å². The molecular formula is C20H20N2O3. The Labute approximate surface area is 145 Å². The summed E-state index contributed by atoms with van der Waals surface area (Å²) >= 11 is 0. The van der Waals surface area contributed by atoms with Crippen molar-refractivity contribution in [2.75, 3.05) is 11.9 Å². The minimum atomic E-state index is -0.233. The van der Waals surface area contributed by atoms with Crippen molar-refractivity contribution in [2.45, 2.75) is 20.4 Å². The lowest BCUT2D eigenvalue weighted by atomic mass is 10.1. The number of amides is 1. The lowest BCUT2D eigenvalue weighted by molar-refractivity contribution is -0.118. The topological polar surface area (TPSA) is 60.3 Å². The van der Waals surface area contributed by atoms with Crippen molar-refractivity contribution in [2.24, 2.45) is 0 Å². The Balaban J connectivity index is 1.78. The third-order valence-corrected chi connectivity index (χ3v) is 4.03. The number of para-hydroxylation sites is 1. The van der Waals surface area contributed by atoms with Gasteiger partial charge in [-0.1, -0.05) is 18.2 Å². The molecule has 0 unspecified atom stereocenters. The average molecular weight is 336 g/mol. The van der Waals surface area contributed by atoms with Crippen LogP contribution in [-0.4, -0.2) is 17.1 Å². The number of pyridine rings is 1. The maximum Gasteiger partial charge on any atom is 0.262 e. The molecule has 2 aromatic carbocycles. The SMILES string of the molecule is CCn1c(=O)cc(C)c2ccc(OCC(=O)Nc3ccccc3)cc21. The van der Waals surface area contributed by atoms with Gasteiger partial charge in [-0.3, -0.25) is 9.59 Å². The van der Waals surface area contributed by atoms with Gasteiger partial charge < -0.3 is 14.6 Å². The fourth-order valence-corrected chi connectivity index (χ4v) is 2.81. The van der Waals surface area contributed by atoms with E-state index in [1.165, 1.54) is 0 Å². The van der Waals surface area contributed by atoms with Crippen LogP contribution in [0.3, 0.4) is 0 Å². The highest BCUT2D eigenvalue weighted by atomic mass is 16.5. The van der Waals surface area contributed by atoms with Gasteiger partial charge in [0.1, 0.15) is 5.75 Å². The number of fused-ring (bicyclic) bond motifs is 1. The summed E-state index contributed by atoms with van der Waals surface area (Å²) in [7, 11) is 0. The first-order chi connectivity index (χ1) is 12.1. The molecule has 5 nitrogen and oxygen atoms in total. The summed E-state index contributed by atoms with van der Waals surface area (Å²) < 4.78 is 7.29. The number of benzene rings is 2. The van der Waals surface area contributed by atoms with Gasteiger partial charge in [0.15, 0.2) is 6.61 Å².